The van der Waals surface area contributed by atoms with Crippen LogP contribution in [0.4, 0.5) is 0 Å². The van der Waals surface area contributed by atoms with Crippen LogP contribution >= 0.6 is 0 Å². The largest absolute Gasteiger partial charge is 0.120 e. The molecule has 0 aliphatic carbocycles. The van der Waals surface area contributed by atoms with Gasteiger partial charge in [-0.2, -0.15) is 0 Å². The SMILES string of the molecule is C#CC.CC.CCCC(C)C. The summed E-state index contributed by atoms with van der Waals surface area (Å²) in [6, 6.07) is 0. The Morgan fingerprint density at radius 3 is 1.55 bits per heavy atom. The molecule has 0 nitrogen and oxygen atoms in total. The Morgan fingerprint density at radius 1 is 1.27 bits per heavy atom. The number of rotatable bonds is 2. The Bertz CT molecular complexity index is 64.6. The molecule has 0 fully saturated rings. The first-order valence-corrected chi connectivity index (χ1v) is 4.56. The van der Waals surface area contributed by atoms with Crippen molar-refractivity contribution in [2.24, 2.45) is 5.92 Å². The normalized spacial score (nSPS) is 6.73. The Morgan fingerprint density at radius 2 is 1.55 bits per heavy atom. The van der Waals surface area contributed by atoms with E-state index in [1.807, 2.05) is 13.8 Å². The van der Waals surface area contributed by atoms with E-state index in [1.165, 1.54) is 12.8 Å². The molecule has 0 amide bonds. The Hall–Kier alpha value is -0.440. The van der Waals surface area contributed by atoms with Gasteiger partial charge in [0.05, 0.1) is 0 Å². The van der Waals surface area contributed by atoms with Crippen molar-refractivity contribution in [2.45, 2.75) is 54.4 Å². The fraction of sp³-hybridized carbons (Fsp3) is 0.818. The minimum absolute atomic E-state index is 0.898. The van der Waals surface area contributed by atoms with E-state index in [9.17, 15) is 0 Å². The predicted octanol–water partition coefficient (Wildman–Crippen LogP) is 4.11. The number of hydrogen-bond acceptors (Lipinski definition) is 0. The Kier molecular flexibility index (Phi) is 34.8. The summed E-state index contributed by atoms with van der Waals surface area (Å²) in [5.74, 6) is 3.15. The van der Waals surface area contributed by atoms with E-state index < -0.39 is 0 Å². The zero-order chi connectivity index (χ0) is 9.70. The van der Waals surface area contributed by atoms with Gasteiger partial charge in [-0.1, -0.05) is 47.5 Å². The highest BCUT2D eigenvalue weighted by Gasteiger charge is 1.85. The van der Waals surface area contributed by atoms with Crippen LogP contribution in [-0.2, 0) is 0 Å². The highest BCUT2D eigenvalue weighted by atomic mass is 13.9. The van der Waals surface area contributed by atoms with E-state index in [-0.39, 0.29) is 0 Å². The summed E-state index contributed by atoms with van der Waals surface area (Å²) in [5.41, 5.74) is 0. The lowest BCUT2D eigenvalue weighted by Gasteiger charge is -1.95. The first kappa shape index (κ1) is 16.9. The molecule has 0 heteroatoms. The molecule has 0 saturated carbocycles. The van der Waals surface area contributed by atoms with Crippen molar-refractivity contribution in [3.05, 3.63) is 0 Å². The van der Waals surface area contributed by atoms with Crippen molar-refractivity contribution in [2.75, 3.05) is 0 Å². The van der Waals surface area contributed by atoms with Crippen LogP contribution < -0.4 is 0 Å². The summed E-state index contributed by atoms with van der Waals surface area (Å²) in [5, 5.41) is 0. The second-order valence-electron chi connectivity index (χ2n) is 2.47. The van der Waals surface area contributed by atoms with E-state index in [2.05, 4.69) is 33.1 Å². The standard InChI is InChI=1S/C6H14.C3H4.C2H6/c1-4-5-6(2)3;1-3-2;1-2/h6H,4-5H2,1-3H3;1H,2H3;1-2H3. The summed E-state index contributed by atoms with van der Waals surface area (Å²) in [6.45, 7) is 12.4. The molecule has 0 aromatic rings. The monoisotopic (exact) mass is 156 g/mol. The second-order valence-corrected chi connectivity index (χ2v) is 2.47. The van der Waals surface area contributed by atoms with Gasteiger partial charge in [-0.3, -0.25) is 0 Å². The second kappa shape index (κ2) is 22.7. The van der Waals surface area contributed by atoms with Crippen molar-refractivity contribution in [1.82, 2.24) is 0 Å². The summed E-state index contributed by atoms with van der Waals surface area (Å²) < 4.78 is 0. The highest BCUT2D eigenvalue weighted by molar-refractivity contribution is 4.73. The maximum Gasteiger partial charge on any atom is -0.00297 e. The summed E-state index contributed by atoms with van der Waals surface area (Å²) in [7, 11) is 0. The van der Waals surface area contributed by atoms with Gasteiger partial charge in [0.15, 0.2) is 0 Å². The molecule has 0 aliphatic heterocycles. The molecule has 0 aromatic carbocycles. The van der Waals surface area contributed by atoms with E-state index >= 15 is 0 Å². The zero-order valence-electron chi connectivity index (χ0n) is 9.07. The van der Waals surface area contributed by atoms with Crippen molar-refractivity contribution >= 4 is 0 Å². The van der Waals surface area contributed by atoms with Crippen LogP contribution in [0.1, 0.15) is 54.4 Å². The lowest BCUT2D eigenvalue weighted by atomic mass is 10.1. The van der Waals surface area contributed by atoms with Crippen LogP contribution in [0, 0.1) is 18.3 Å². The minimum atomic E-state index is 0.898. The third-order valence-corrected chi connectivity index (χ3v) is 0.866. The Balaban J connectivity index is -0.000000109. The molecule has 0 unspecified atom stereocenters. The topological polar surface area (TPSA) is 0 Å². The first-order chi connectivity index (χ1) is 5.18. The first-order valence-electron chi connectivity index (χ1n) is 4.56. The summed E-state index contributed by atoms with van der Waals surface area (Å²) in [4.78, 5) is 0. The van der Waals surface area contributed by atoms with Crippen molar-refractivity contribution in [3.8, 4) is 12.3 Å². The van der Waals surface area contributed by atoms with Crippen LogP contribution in [0.25, 0.3) is 0 Å². The zero-order valence-corrected chi connectivity index (χ0v) is 9.07. The third kappa shape index (κ3) is 83.4. The van der Waals surface area contributed by atoms with E-state index in [1.54, 1.807) is 6.92 Å². The van der Waals surface area contributed by atoms with Gasteiger partial charge < -0.3 is 0 Å². The molecule has 0 bridgehead atoms. The van der Waals surface area contributed by atoms with Gasteiger partial charge in [0.2, 0.25) is 0 Å². The van der Waals surface area contributed by atoms with Crippen molar-refractivity contribution in [1.29, 1.82) is 0 Å². The molecule has 11 heavy (non-hydrogen) atoms. The van der Waals surface area contributed by atoms with Gasteiger partial charge >= 0.3 is 0 Å². The maximum atomic E-state index is 4.60. The number of hydrogen-bond donors (Lipinski definition) is 0. The van der Waals surface area contributed by atoms with Gasteiger partial charge in [0.25, 0.3) is 0 Å². The van der Waals surface area contributed by atoms with Crippen LogP contribution in [-0.4, -0.2) is 0 Å². The molecule has 0 radical (unpaired) electrons. The van der Waals surface area contributed by atoms with Gasteiger partial charge in [-0.15, -0.1) is 12.3 Å². The molecule has 0 saturated heterocycles. The molecule has 0 heterocycles. The third-order valence-electron chi connectivity index (χ3n) is 0.866. The molecular formula is C11H24. The fourth-order valence-corrected chi connectivity index (χ4v) is 0.577. The van der Waals surface area contributed by atoms with Crippen molar-refractivity contribution < 1.29 is 0 Å². The van der Waals surface area contributed by atoms with Gasteiger partial charge in [-0.25, -0.2) is 0 Å². The molecule has 0 spiro atoms. The van der Waals surface area contributed by atoms with Crippen LogP contribution in [0.3, 0.4) is 0 Å². The number of terminal acetylenes is 1. The van der Waals surface area contributed by atoms with Crippen LogP contribution in [0.2, 0.25) is 0 Å². The molecule has 0 aromatic heterocycles. The quantitative estimate of drug-likeness (QED) is 0.528. The fourth-order valence-electron chi connectivity index (χ4n) is 0.577. The van der Waals surface area contributed by atoms with Crippen LogP contribution in [0.5, 0.6) is 0 Å². The van der Waals surface area contributed by atoms with Gasteiger partial charge in [0.1, 0.15) is 0 Å². The van der Waals surface area contributed by atoms with Crippen LogP contribution in [0.15, 0.2) is 0 Å². The van der Waals surface area contributed by atoms with Crippen molar-refractivity contribution in [3.63, 3.8) is 0 Å². The molecule has 0 atom stereocenters. The minimum Gasteiger partial charge on any atom is -0.120 e. The molecular weight excluding hydrogens is 132 g/mol. The molecule has 0 N–H and O–H groups in total. The predicted molar refractivity (Wildman–Crippen MR) is 55.6 cm³/mol. The molecule has 0 rings (SSSR count). The van der Waals surface area contributed by atoms with Gasteiger partial charge in [0, 0.05) is 0 Å². The smallest absolute Gasteiger partial charge is 0.00297 e. The molecule has 0 aliphatic rings. The lowest BCUT2D eigenvalue weighted by Crippen LogP contribution is -1.81. The average molecular weight is 156 g/mol. The highest BCUT2D eigenvalue weighted by Crippen LogP contribution is 2.00. The Labute approximate surface area is 73.4 Å². The lowest BCUT2D eigenvalue weighted by molar-refractivity contribution is 0.576. The van der Waals surface area contributed by atoms with E-state index in [4.69, 9.17) is 0 Å². The summed E-state index contributed by atoms with van der Waals surface area (Å²) in [6.07, 6.45) is 7.30. The maximum absolute atomic E-state index is 4.60. The average Bonchev–Trinajstić information content (AvgIpc) is 1.93. The van der Waals surface area contributed by atoms with E-state index in [0.717, 1.165) is 5.92 Å². The molecule has 68 valence electrons. The summed E-state index contributed by atoms with van der Waals surface area (Å²) >= 11 is 0. The van der Waals surface area contributed by atoms with Gasteiger partial charge in [-0.05, 0) is 12.8 Å². The van der Waals surface area contributed by atoms with E-state index in [0.29, 0.717) is 0 Å².